The van der Waals surface area contributed by atoms with Gasteiger partial charge in [0, 0.05) is 0 Å². The molecular formula is C26H29N3O4S. The van der Waals surface area contributed by atoms with Crippen LogP contribution in [-0.4, -0.2) is 33.3 Å². The summed E-state index contributed by atoms with van der Waals surface area (Å²) < 4.78 is 31.5. The molecule has 0 unspecified atom stereocenters. The third-order valence-electron chi connectivity index (χ3n) is 5.34. The number of ether oxygens (including phenoxy) is 1. The summed E-state index contributed by atoms with van der Waals surface area (Å²) in [6, 6.07) is 20.8. The fourth-order valence-corrected chi connectivity index (χ4v) is 4.14. The van der Waals surface area contributed by atoms with Gasteiger partial charge in [0.15, 0.2) is 0 Å². The van der Waals surface area contributed by atoms with Gasteiger partial charge in [0.1, 0.15) is 18.9 Å². The number of aryl methyl sites for hydroxylation is 2. The predicted octanol–water partition coefficient (Wildman–Crippen LogP) is 4.11. The molecule has 34 heavy (non-hydrogen) atoms. The first-order chi connectivity index (χ1) is 16.1. The van der Waals surface area contributed by atoms with E-state index in [9.17, 15) is 13.2 Å². The zero-order valence-corrected chi connectivity index (χ0v) is 20.6. The predicted molar refractivity (Wildman–Crippen MR) is 136 cm³/mol. The maximum Gasteiger partial charge on any atom is 0.260 e. The highest BCUT2D eigenvalue weighted by atomic mass is 32.2. The summed E-state index contributed by atoms with van der Waals surface area (Å²) in [7, 11) is -3.66. The van der Waals surface area contributed by atoms with Crippen LogP contribution in [0.5, 0.6) is 5.75 Å². The molecule has 0 radical (unpaired) electrons. The Morgan fingerprint density at radius 3 is 2.32 bits per heavy atom. The van der Waals surface area contributed by atoms with Crippen molar-refractivity contribution in [3.05, 3.63) is 94.5 Å². The molecule has 0 spiro atoms. The summed E-state index contributed by atoms with van der Waals surface area (Å²) in [6.07, 6.45) is 2.57. The van der Waals surface area contributed by atoms with Gasteiger partial charge < -0.3 is 4.74 Å². The van der Waals surface area contributed by atoms with Crippen LogP contribution in [0.15, 0.2) is 71.8 Å². The third-order valence-corrected chi connectivity index (χ3v) is 6.47. The highest BCUT2D eigenvalue weighted by Gasteiger charge is 2.22. The Kier molecular flexibility index (Phi) is 8.07. The molecule has 0 fully saturated rings. The second kappa shape index (κ2) is 11.0. The largest absolute Gasteiger partial charge is 0.489 e. The number of benzene rings is 3. The van der Waals surface area contributed by atoms with Gasteiger partial charge in [0.2, 0.25) is 10.0 Å². The van der Waals surface area contributed by atoms with E-state index < -0.39 is 15.9 Å². The number of hydrogen-bond acceptors (Lipinski definition) is 5. The summed E-state index contributed by atoms with van der Waals surface area (Å²) in [4.78, 5) is 12.4. The van der Waals surface area contributed by atoms with E-state index in [-0.39, 0.29) is 6.54 Å². The number of anilines is 1. The van der Waals surface area contributed by atoms with Crippen molar-refractivity contribution < 1.29 is 17.9 Å². The lowest BCUT2D eigenvalue weighted by molar-refractivity contribution is -0.119. The summed E-state index contributed by atoms with van der Waals surface area (Å²) in [5.41, 5.74) is 7.66. The average molecular weight is 480 g/mol. The molecule has 8 heteroatoms. The van der Waals surface area contributed by atoms with Gasteiger partial charge in [-0.2, -0.15) is 5.10 Å². The minimum atomic E-state index is -3.66. The number of nitrogens with zero attached hydrogens (tertiary/aromatic N) is 2. The maximum atomic E-state index is 12.4. The molecule has 0 atom stereocenters. The fraction of sp³-hybridized carbons (Fsp3) is 0.231. The standard InChI is InChI=1S/C26H29N3O4S/c1-19-8-10-23(11-9-19)18-33-24-14-12-22(13-15-24)16-27-28-26(30)17-29(34(4,31)32)25-7-5-6-20(2)21(25)3/h5-16H,17-18H2,1-4H3,(H,28,30)/b27-16-. The van der Waals surface area contributed by atoms with Crippen LogP contribution < -0.4 is 14.5 Å². The number of nitrogens with one attached hydrogen (secondary N) is 1. The van der Waals surface area contributed by atoms with E-state index in [0.717, 1.165) is 38.6 Å². The summed E-state index contributed by atoms with van der Waals surface area (Å²) >= 11 is 0. The zero-order valence-electron chi connectivity index (χ0n) is 19.8. The molecule has 0 aliphatic rings. The SMILES string of the molecule is Cc1ccc(COc2ccc(/C=N\NC(=O)CN(c3cccc(C)c3C)S(C)(=O)=O)cc2)cc1. The van der Waals surface area contributed by atoms with Crippen LogP contribution in [-0.2, 0) is 21.4 Å². The van der Waals surface area contributed by atoms with Crippen LogP contribution in [0.2, 0.25) is 0 Å². The molecule has 3 aromatic rings. The van der Waals surface area contributed by atoms with Crippen LogP contribution in [0.3, 0.4) is 0 Å². The van der Waals surface area contributed by atoms with Crippen molar-refractivity contribution in [2.45, 2.75) is 27.4 Å². The number of carbonyl (C=O) groups is 1. The van der Waals surface area contributed by atoms with E-state index in [4.69, 9.17) is 4.74 Å². The van der Waals surface area contributed by atoms with Crippen molar-refractivity contribution in [2.24, 2.45) is 5.10 Å². The Balaban J connectivity index is 1.57. The van der Waals surface area contributed by atoms with Crippen molar-refractivity contribution in [3.8, 4) is 5.75 Å². The molecule has 1 amide bonds. The van der Waals surface area contributed by atoms with E-state index in [1.54, 1.807) is 12.1 Å². The monoisotopic (exact) mass is 479 g/mol. The highest BCUT2D eigenvalue weighted by Crippen LogP contribution is 2.24. The molecule has 0 saturated carbocycles. The first kappa shape index (κ1) is 25.0. The Morgan fingerprint density at radius 1 is 1.00 bits per heavy atom. The molecule has 0 saturated heterocycles. The minimum Gasteiger partial charge on any atom is -0.489 e. The number of carbonyl (C=O) groups excluding carboxylic acids is 1. The van der Waals surface area contributed by atoms with E-state index >= 15 is 0 Å². The van der Waals surface area contributed by atoms with Gasteiger partial charge in [-0.1, -0.05) is 42.0 Å². The fourth-order valence-electron chi connectivity index (χ4n) is 3.23. The molecule has 3 rings (SSSR count). The molecule has 0 bridgehead atoms. The van der Waals surface area contributed by atoms with Gasteiger partial charge in [-0.15, -0.1) is 0 Å². The van der Waals surface area contributed by atoms with Gasteiger partial charge in [-0.3, -0.25) is 9.10 Å². The molecule has 0 aromatic heterocycles. The Morgan fingerprint density at radius 2 is 1.68 bits per heavy atom. The molecule has 7 nitrogen and oxygen atoms in total. The van der Waals surface area contributed by atoms with E-state index in [0.29, 0.717) is 12.3 Å². The van der Waals surface area contributed by atoms with Crippen LogP contribution >= 0.6 is 0 Å². The topological polar surface area (TPSA) is 88.1 Å². The van der Waals surface area contributed by atoms with Crippen molar-refractivity contribution >= 4 is 27.8 Å². The van der Waals surface area contributed by atoms with Gasteiger partial charge in [-0.25, -0.2) is 13.8 Å². The second-order valence-corrected chi connectivity index (χ2v) is 10.0. The van der Waals surface area contributed by atoms with E-state index in [1.807, 2.05) is 75.4 Å². The molecular weight excluding hydrogens is 450 g/mol. The van der Waals surface area contributed by atoms with Crippen LogP contribution in [0, 0.1) is 20.8 Å². The minimum absolute atomic E-state index is 0.369. The normalized spacial score (nSPS) is 11.4. The number of sulfonamides is 1. The quantitative estimate of drug-likeness (QED) is 0.370. The number of rotatable bonds is 9. The van der Waals surface area contributed by atoms with Gasteiger partial charge >= 0.3 is 0 Å². The van der Waals surface area contributed by atoms with Crippen molar-refractivity contribution in [3.63, 3.8) is 0 Å². The Labute approximate surface area is 201 Å². The molecule has 178 valence electrons. The molecule has 0 aliphatic heterocycles. The molecule has 0 aliphatic carbocycles. The molecule has 3 aromatic carbocycles. The van der Waals surface area contributed by atoms with E-state index in [2.05, 4.69) is 10.5 Å². The summed E-state index contributed by atoms with van der Waals surface area (Å²) in [6.45, 7) is 5.86. The van der Waals surface area contributed by atoms with Gasteiger partial charge in [0.05, 0.1) is 18.2 Å². The van der Waals surface area contributed by atoms with Crippen LogP contribution in [0.4, 0.5) is 5.69 Å². The number of hydrogen-bond donors (Lipinski definition) is 1. The smallest absolute Gasteiger partial charge is 0.260 e. The summed E-state index contributed by atoms with van der Waals surface area (Å²) in [5.74, 6) is 0.180. The second-order valence-electron chi connectivity index (χ2n) is 8.13. The number of hydrazone groups is 1. The Hall–Kier alpha value is -3.65. The first-order valence-corrected chi connectivity index (χ1v) is 12.6. The molecule has 1 N–H and O–H groups in total. The maximum absolute atomic E-state index is 12.4. The highest BCUT2D eigenvalue weighted by molar-refractivity contribution is 7.92. The van der Waals surface area contributed by atoms with Gasteiger partial charge in [0.25, 0.3) is 5.91 Å². The van der Waals surface area contributed by atoms with Gasteiger partial charge in [-0.05, 0) is 73.4 Å². The van der Waals surface area contributed by atoms with Crippen molar-refractivity contribution in [1.29, 1.82) is 0 Å². The van der Waals surface area contributed by atoms with Crippen LogP contribution in [0.25, 0.3) is 0 Å². The van der Waals surface area contributed by atoms with Crippen LogP contribution in [0.1, 0.15) is 27.8 Å². The average Bonchev–Trinajstić information content (AvgIpc) is 2.79. The Bertz CT molecular complexity index is 1270. The molecule has 0 heterocycles. The third kappa shape index (κ3) is 6.92. The first-order valence-electron chi connectivity index (χ1n) is 10.8. The summed E-state index contributed by atoms with van der Waals surface area (Å²) in [5, 5.41) is 3.95. The van der Waals surface area contributed by atoms with Crippen molar-refractivity contribution in [1.82, 2.24) is 5.43 Å². The van der Waals surface area contributed by atoms with E-state index in [1.165, 1.54) is 11.8 Å². The van der Waals surface area contributed by atoms with Crippen molar-refractivity contribution in [2.75, 3.05) is 17.1 Å². The lowest BCUT2D eigenvalue weighted by Gasteiger charge is -2.23. The lowest BCUT2D eigenvalue weighted by atomic mass is 10.1. The lowest BCUT2D eigenvalue weighted by Crippen LogP contribution is -2.39. The zero-order chi connectivity index (χ0) is 24.7. The number of amides is 1.